The SMILES string of the molecule is CC(C(=O)Nc1ccc(C#N)c(Cl)c1)N1CCN(c2cccc(C(F)(F)F)c2)CC1. The molecule has 0 spiro atoms. The predicted molar refractivity (Wildman–Crippen MR) is 109 cm³/mol. The first-order valence-corrected chi connectivity index (χ1v) is 9.73. The van der Waals surface area contributed by atoms with Gasteiger partial charge in [-0.25, -0.2) is 0 Å². The second kappa shape index (κ2) is 8.94. The van der Waals surface area contributed by atoms with Gasteiger partial charge >= 0.3 is 6.18 Å². The number of nitrogens with one attached hydrogen (secondary N) is 1. The zero-order valence-corrected chi connectivity index (χ0v) is 17.0. The summed E-state index contributed by atoms with van der Waals surface area (Å²) in [6, 6.07) is 11.5. The highest BCUT2D eigenvalue weighted by Crippen LogP contribution is 2.32. The Bertz CT molecular complexity index is 965. The Kier molecular flexibility index (Phi) is 6.54. The molecule has 9 heteroatoms. The Morgan fingerprint density at radius 2 is 1.87 bits per heavy atom. The highest BCUT2D eigenvalue weighted by atomic mass is 35.5. The van der Waals surface area contributed by atoms with Gasteiger partial charge in [0.2, 0.25) is 5.91 Å². The van der Waals surface area contributed by atoms with E-state index in [0.717, 1.165) is 12.1 Å². The lowest BCUT2D eigenvalue weighted by Gasteiger charge is -2.38. The maximum Gasteiger partial charge on any atom is 0.416 e. The van der Waals surface area contributed by atoms with Gasteiger partial charge in [0.25, 0.3) is 0 Å². The molecule has 1 unspecified atom stereocenters. The Morgan fingerprint density at radius 1 is 1.17 bits per heavy atom. The van der Waals surface area contributed by atoms with Crippen molar-refractivity contribution in [2.75, 3.05) is 36.4 Å². The first kappa shape index (κ1) is 21.9. The number of carbonyl (C=O) groups excluding carboxylic acids is 1. The molecule has 1 aliphatic rings. The summed E-state index contributed by atoms with van der Waals surface area (Å²) in [5, 5.41) is 12.0. The minimum Gasteiger partial charge on any atom is -0.369 e. The fourth-order valence-corrected chi connectivity index (χ4v) is 3.57. The maximum absolute atomic E-state index is 12.9. The molecule has 1 amide bonds. The lowest BCUT2D eigenvalue weighted by atomic mass is 10.1. The van der Waals surface area contributed by atoms with Gasteiger partial charge in [-0.1, -0.05) is 17.7 Å². The molecule has 1 aliphatic heterocycles. The predicted octanol–water partition coefficient (Wildman–Crippen LogP) is 4.38. The Morgan fingerprint density at radius 3 is 2.47 bits per heavy atom. The summed E-state index contributed by atoms with van der Waals surface area (Å²) in [7, 11) is 0. The van der Waals surface area contributed by atoms with E-state index in [2.05, 4.69) is 5.32 Å². The summed E-state index contributed by atoms with van der Waals surface area (Å²) < 4.78 is 38.8. The highest BCUT2D eigenvalue weighted by Gasteiger charge is 2.31. The maximum atomic E-state index is 12.9. The largest absolute Gasteiger partial charge is 0.416 e. The molecule has 2 aromatic carbocycles. The minimum atomic E-state index is -4.38. The second-order valence-electron chi connectivity index (χ2n) is 7.04. The third-order valence-corrected chi connectivity index (χ3v) is 5.45. The van der Waals surface area contributed by atoms with Crippen LogP contribution >= 0.6 is 11.6 Å². The minimum absolute atomic E-state index is 0.219. The van der Waals surface area contributed by atoms with E-state index in [4.69, 9.17) is 16.9 Å². The van der Waals surface area contributed by atoms with Crippen molar-refractivity contribution in [3.8, 4) is 6.07 Å². The molecule has 5 nitrogen and oxygen atoms in total. The van der Waals surface area contributed by atoms with Crippen LogP contribution in [0.25, 0.3) is 0 Å². The van der Waals surface area contributed by atoms with E-state index in [0.29, 0.717) is 43.1 Å². The molecule has 0 bridgehead atoms. The zero-order chi connectivity index (χ0) is 21.9. The summed E-state index contributed by atoms with van der Waals surface area (Å²) in [6.07, 6.45) is -4.38. The number of nitrogens with zero attached hydrogens (tertiary/aromatic N) is 3. The van der Waals surface area contributed by atoms with Gasteiger partial charge < -0.3 is 10.2 Å². The van der Waals surface area contributed by atoms with E-state index in [-0.39, 0.29) is 10.9 Å². The van der Waals surface area contributed by atoms with Gasteiger partial charge in [0.1, 0.15) is 6.07 Å². The van der Waals surface area contributed by atoms with Crippen molar-refractivity contribution in [3.63, 3.8) is 0 Å². The Balaban J connectivity index is 1.59. The van der Waals surface area contributed by atoms with Crippen LogP contribution in [0.3, 0.4) is 0 Å². The summed E-state index contributed by atoms with van der Waals surface area (Å²) in [5.74, 6) is -0.219. The molecule has 30 heavy (non-hydrogen) atoms. The van der Waals surface area contributed by atoms with Crippen molar-refractivity contribution in [1.82, 2.24) is 4.90 Å². The van der Waals surface area contributed by atoms with Gasteiger partial charge in [0.15, 0.2) is 0 Å². The molecule has 1 atom stereocenters. The van der Waals surface area contributed by atoms with Gasteiger partial charge in [0, 0.05) is 37.6 Å². The summed E-state index contributed by atoms with van der Waals surface area (Å²) in [5.41, 5.74) is 0.678. The Labute approximate surface area is 177 Å². The van der Waals surface area contributed by atoms with E-state index >= 15 is 0 Å². The summed E-state index contributed by atoms with van der Waals surface area (Å²) in [4.78, 5) is 16.4. The molecular formula is C21H20ClF3N4O. The van der Waals surface area contributed by atoms with Crippen LogP contribution < -0.4 is 10.2 Å². The number of alkyl halides is 3. The molecule has 1 heterocycles. The van der Waals surface area contributed by atoms with Crippen molar-refractivity contribution >= 4 is 28.9 Å². The van der Waals surface area contributed by atoms with Crippen molar-refractivity contribution in [2.45, 2.75) is 19.1 Å². The van der Waals surface area contributed by atoms with Crippen LogP contribution in [0.5, 0.6) is 0 Å². The molecule has 158 valence electrons. The molecule has 1 fully saturated rings. The quantitative estimate of drug-likeness (QED) is 0.772. The second-order valence-corrected chi connectivity index (χ2v) is 7.45. The number of carbonyl (C=O) groups is 1. The van der Waals surface area contributed by atoms with Crippen LogP contribution in [-0.2, 0) is 11.0 Å². The van der Waals surface area contributed by atoms with Crippen LogP contribution in [0.4, 0.5) is 24.5 Å². The van der Waals surface area contributed by atoms with Crippen LogP contribution in [0.1, 0.15) is 18.1 Å². The molecule has 0 saturated carbocycles. The topological polar surface area (TPSA) is 59.4 Å². The number of rotatable bonds is 4. The molecule has 0 aromatic heterocycles. The number of nitriles is 1. The standard InChI is InChI=1S/C21H20ClF3N4O/c1-14(20(30)27-17-6-5-15(13-26)19(22)12-17)28-7-9-29(10-8-28)18-4-2-3-16(11-18)21(23,24)25/h2-6,11-12,14H,7-10H2,1H3,(H,27,30). The summed E-state index contributed by atoms with van der Waals surface area (Å²) >= 11 is 5.99. The van der Waals surface area contributed by atoms with Gasteiger partial charge in [-0.05, 0) is 43.3 Å². The van der Waals surface area contributed by atoms with Crippen molar-refractivity contribution in [1.29, 1.82) is 5.26 Å². The van der Waals surface area contributed by atoms with Gasteiger partial charge in [-0.2, -0.15) is 18.4 Å². The first-order valence-electron chi connectivity index (χ1n) is 9.36. The van der Waals surface area contributed by atoms with Crippen molar-refractivity contribution < 1.29 is 18.0 Å². The normalized spacial score (nSPS) is 16.1. The average molecular weight is 437 g/mol. The molecule has 1 saturated heterocycles. The number of piperazine rings is 1. The van der Waals surface area contributed by atoms with Crippen LogP contribution in [0, 0.1) is 11.3 Å². The van der Waals surface area contributed by atoms with Crippen LogP contribution in [0.2, 0.25) is 5.02 Å². The van der Waals surface area contributed by atoms with E-state index < -0.39 is 17.8 Å². The van der Waals surface area contributed by atoms with E-state index in [9.17, 15) is 18.0 Å². The zero-order valence-electron chi connectivity index (χ0n) is 16.2. The molecule has 1 N–H and O–H groups in total. The number of amides is 1. The molecule has 3 rings (SSSR count). The monoisotopic (exact) mass is 436 g/mol. The summed E-state index contributed by atoms with van der Waals surface area (Å²) in [6.45, 7) is 3.89. The lowest BCUT2D eigenvalue weighted by molar-refractivity contribution is -0.137. The lowest BCUT2D eigenvalue weighted by Crippen LogP contribution is -2.52. The van der Waals surface area contributed by atoms with Gasteiger partial charge in [-0.15, -0.1) is 0 Å². The fourth-order valence-electron chi connectivity index (χ4n) is 3.34. The number of hydrogen-bond acceptors (Lipinski definition) is 4. The van der Waals surface area contributed by atoms with Crippen molar-refractivity contribution in [3.05, 3.63) is 58.6 Å². The number of hydrogen-bond donors (Lipinski definition) is 1. The average Bonchev–Trinajstić information content (AvgIpc) is 2.73. The molecule has 2 aromatic rings. The molecule has 0 radical (unpaired) electrons. The molecule has 0 aliphatic carbocycles. The van der Waals surface area contributed by atoms with Crippen molar-refractivity contribution in [2.24, 2.45) is 0 Å². The van der Waals surface area contributed by atoms with Gasteiger partial charge in [-0.3, -0.25) is 9.69 Å². The van der Waals surface area contributed by atoms with E-state index in [1.807, 2.05) is 15.9 Å². The fraction of sp³-hybridized carbons (Fsp3) is 0.333. The van der Waals surface area contributed by atoms with Gasteiger partial charge in [0.05, 0.1) is 22.2 Å². The molecular weight excluding hydrogens is 417 g/mol. The van der Waals surface area contributed by atoms with Crippen LogP contribution in [0.15, 0.2) is 42.5 Å². The third-order valence-electron chi connectivity index (χ3n) is 5.14. The smallest absolute Gasteiger partial charge is 0.369 e. The number of anilines is 2. The third kappa shape index (κ3) is 5.04. The van der Waals surface area contributed by atoms with Crippen LogP contribution in [-0.4, -0.2) is 43.0 Å². The highest BCUT2D eigenvalue weighted by molar-refractivity contribution is 6.32. The van der Waals surface area contributed by atoms with E-state index in [1.165, 1.54) is 18.2 Å². The number of benzene rings is 2. The first-order chi connectivity index (χ1) is 14.2. The van der Waals surface area contributed by atoms with E-state index in [1.54, 1.807) is 19.1 Å². The Hall–Kier alpha value is -2.76. The number of halogens is 4.